The Morgan fingerprint density at radius 2 is 2.08 bits per heavy atom. The van der Waals surface area contributed by atoms with Crippen molar-refractivity contribution in [3.63, 3.8) is 0 Å². The molecule has 6 nitrogen and oxygen atoms in total. The predicted octanol–water partition coefficient (Wildman–Crippen LogP) is 2.16. The van der Waals surface area contributed by atoms with Gasteiger partial charge in [-0.1, -0.05) is 12.1 Å². The number of nitrogens with zero attached hydrogens (tertiary/aromatic N) is 4. The highest BCUT2D eigenvalue weighted by atomic mass is 16.6. The van der Waals surface area contributed by atoms with Crippen LogP contribution in [0, 0.1) is 5.41 Å². The molecule has 2 fully saturated rings. The molecule has 0 aliphatic carbocycles. The number of ether oxygens (including phenoxy) is 1. The van der Waals surface area contributed by atoms with Crippen LogP contribution in [-0.2, 0) is 11.3 Å². The quantitative estimate of drug-likeness (QED) is 0.837. The molecule has 0 bridgehead atoms. The van der Waals surface area contributed by atoms with Gasteiger partial charge in [-0.05, 0) is 59.7 Å². The second kappa shape index (κ2) is 6.78. The summed E-state index contributed by atoms with van der Waals surface area (Å²) in [7, 11) is 1.79. The van der Waals surface area contributed by atoms with Crippen molar-refractivity contribution in [2.75, 3.05) is 46.4 Å². The van der Waals surface area contributed by atoms with Gasteiger partial charge in [0.25, 0.3) is 0 Å². The first-order valence-electron chi connectivity index (χ1n) is 8.92. The molecular formula is C18H26N4O2. The highest BCUT2D eigenvalue weighted by Gasteiger charge is 2.41. The van der Waals surface area contributed by atoms with Gasteiger partial charge in [0.2, 0.25) is 0 Å². The first kappa shape index (κ1) is 16.0. The summed E-state index contributed by atoms with van der Waals surface area (Å²) in [5.74, 6) is 0. The standard InChI is InChI=1S/C18H26N4O2/c1-23-11-10-21-8-3-6-18(13-21)7-9-22(14-18)12-15-4-2-5-16-17(15)20-24-19-16/h2,4-5H,3,6-14H2,1H3/t18-/m0/s1. The zero-order valence-electron chi connectivity index (χ0n) is 14.4. The van der Waals surface area contributed by atoms with Gasteiger partial charge >= 0.3 is 0 Å². The molecule has 2 aliphatic heterocycles. The summed E-state index contributed by atoms with van der Waals surface area (Å²) < 4.78 is 10.1. The van der Waals surface area contributed by atoms with E-state index in [1.807, 2.05) is 12.1 Å². The molecule has 0 amide bonds. The summed E-state index contributed by atoms with van der Waals surface area (Å²) in [6, 6.07) is 6.14. The molecule has 1 atom stereocenters. The minimum absolute atomic E-state index is 0.460. The fourth-order valence-electron chi connectivity index (χ4n) is 4.45. The van der Waals surface area contributed by atoms with E-state index in [1.165, 1.54) is 51.0 Å². The molecule has 2 aliphatic rings. The van der Waals surface area contributed by atoms with E-state index in [1.54, 1.807) is 7.11 Å². The zero-order chi connectivity index (χ0) is 16.4. The predicted molar refractivity (Wildman–Crippen MR) is 91.7 cm³/mol. The third kappa shape index (κ3) is 3.18. The number of hydrogen-bond donors (Lipinski definition) is 0. The molecule has 6 heteroatoms. The maximum absolute atomic E-state index is 5.26. The number of hydrogen-bond acceptors (Lipinski definition) is 6. The van der Waals surface area contributed by atoms with Crippen LogP contribution in [0.5, 0.6) is 0 Å². The van der Waals surface area contributed by atoms with E-state index in [9.17, 15) is 0 Å². The maximum Gasteiger partial charge on any atom is 0.139 e. The lowest BCUT2D eigenvalue weighted by molar-refractivity contribution is 0.0674. The molecule has 0 radical (unpaired) electrons. The molecule has 3 heterocycles. The van der Waals surface area contributed by atoms with Gasteiger partial charge in [-0.3, -0.25) is 4.90 Å². The Hall–Kier alpha value is -1.50. The Kier molecular flexibility index (Phi) is 4.52. The highest BCUT2D eigenvalue weighted by molar-refractivity contribution is 5.76. The summed E-state index contributed by atoms with van der Waals surface area (Å²) in [5.41, 5.74) is 3.44. The topological polar surface area (TPSA) is 54.6 Å². The number of methoxy groups -OCH3 is 1. The summed E-state index contributed by atoms with van der Waals surface area (Å²) >= 11 is 0. The van der Waals surface area contributed by atoms with Crippen LogP contribution in [0.15, 0.2) is 22.8 Å². The van der Waals surface area contributed by atoms with Crippen molar-refractivity contribution >= 4 is 11.0 Å². The first-order valence-corrected chi connectivity index (χ1v) is 8.92. The van der Waals surface area contributed by atoms with Gasteiger partial charge in [0.05, 0.1) is 6.61 Å². The van der Waals surface area contributed by atoms with Crippen molar-refractivity contribution < 1.29 is 9.37 Å². The van der Waals surface area contributed by atoms with Crippen molar-refractivity contribution in [2.45, 2.75) is 25.8 Å². The lowest BCUT2D eigenvalue weighted by Gasteiger charge is -2.40. The lowest BCUT2D eigenvalue weighted by Crippen LogP contribution is -2.45. The number of benzene rings is 1. The SMILES string of the molecule is COCCN1CCC[C@]2(CCN(Cc3cccc4nonc34)C2)C1. The van der Waals surface area contributed by atoms with Crippen LogP contribution in [0.1, 0.15) is 24.8 Å². The summed E-state index contributed by atoms with van der Waals surface area (Å²) in [4.78, 5) is 5.15. The van der Waals surface area contributed by atoms with E-state index >= 15 is 0 Å². The fraction of sp³-hybridized carbons (Fsp3) is 0.667. The van der Waals surface area contributed by atoms with Gasteiger partial charge < -0.3 is 9.64 Å². The van der Waals surface area contributed by atoms with Gasteiger partial charge in [-0.2, -0.15) is 0 Å². The van der Waals surface area contributed by atoms with Crippen LogP contribution in [0.3, 0.4) is 0 Å². The first-order chi connectivity index (χ1) is 11.8. The molecular weight excluding hydrogens is 304 g/mol. The Morgan fingerprint density at radius 3 is 3.00 bits per heavy atom. The molecule has 1 aromatic carbocycles. The van der Waals surface area contributed by atoms with Crippen molar-refractivity contribution in [1.29, 1.82) is 0 Å². The summed E-state index contributed by atoms with van der Waals surface area (Å²) in [6.07, 6.45) is 3.95. The van der Waals surface area contributed by atoms with Crippen molar-refractivity contribution in [3.05, 3.63) is 23.8 Å². The monoisotopic (exact) mass is 330 g/mol. The number of aromatic nitrogens is 2. The number of fused-ring (bicyclic) bond motifs is 1. The zero-order valence-corrected chi connectivity index (χ0v) is 14.4. The van der Waals surface area contributed by atoms with Gasteiger partial charge in [-0.25, -0.2) is 4.63 Å². The lowest BCUT2D eigenvalue weighted by atomic mass is 9.79. The second-order valence-corrected chi connectivity index (χ2v) is 7.38. The van der Waals surface area contributed by atoms with Gasteiger partial charge in [0, 0.05) is 33.3 Å². The Morgan fingerprint density at radius 1 is 1.17 bits per heavy atom. The minimum atomic E-state index is 0.460. The molecule has 1 aromatic heterocycles. The van der Waals surface area contributed by atoms with Crippen LogP contribution in [-0.4, -0.2) is 66.6 Å². The largest absolute Gasteiger partial charge is 0.383 e. The molecule has 4 rings (SSSR count). The van der Waals surface area contributed by atoms with Crippen molar-refractivity contribution in [2.24, 2.45) is 5.41 Å². The average Bonchev–Trinajstić information content (AvgIpc) is 3.21. The smallest absolute Gasteiger partial charge is 0.139 e. The molecule has 130 valence electrons. The summed E-state index contributed by atoms with van der Waals surface area (Å²) in [5, 5.41) is 8.03. The van der Waals surface area contributed by atoms with Crippen LogP contribution < -0.4 is 0 Å². The van der Waals surface area contributed by atoms with E-state index in [0.717, 1.165) is 30.7 Å². The summed E-state index contributed by atoms with van der Waals surface area (Å²) in [6.45, 7) is 7.60. The minimum Gasteiger partial charge on any atom is -0.383 e. The van der Waals surface area contributed by atoms with Crippen molar-refractivity contribution in [3.8, 4) is 0 Å². The van der Waals surface area contributed by atoms with E-state index < -0.39 is 0 Å². The van der Waals surface area contributed by atoms with Gasteiger partial charge in [0.1, 0.15) is 11.0 Å². The number of likely N-dealkylation sites (tertiary alicyclic amines) is 2. The van der Waals surface area contributed by atoms with Crippen LogP contribution in [0.2, 0.25) is 0 Å². The normalized spacial score (nSPS) is 25.9. The second-order valence-electron chi connectivity index (χ2n) is 7.38. The molecule has 0 unspecified atom stereocenters. The average molecular weight is 330 g/mol. The molecule has 0 N–H and O–H groups in total. The van der Waals surface area contributed by atoms with Crippen LogP contribution in [0.25, 0.3) is 11.0 Å². The molecule has 24 heavy (non-hydrogen) atoms. The molecule has 1 spiro atoms. The van der Waals surface area contributed by atoms with E-state index in [0.29, 0.717) is 5.41 Å². The van der Waals surface area contributed by atoms with Crippen molar-refractivity contribution in [1.82, 2.24) is 20.1 Å². The third-order valence-electron chi connectivity index (χ3n) is 5.63. The van der Waals surface area contributed by atoms with Crippen LogP contribution in [0.4, 0.5) is 0 Å². The van der Waals surface area contributed by atoms with Gasteiger partial charge in [-0.15, -0.1) is 0 Å². The maximum atomic E-state index is 5.26. The third-order valence-corrected chi connectivity index (χ3v) is 5.63. The number of piperidine rings is 1. The Balaban J connectivity index is 1.42. The molecule has 2 aromatic rings. The Labute approximate surface area is 142 Å². The van der Waals surface area contributed by atoms with Crippen LogP contribution >= 0.6 is 0 Å². The fourth-order valence-corrected chi connectivity index (χ4v) is 4.45. The Bertz CT molecular complexity index is 688. The van der Waals surface area contributed by atoms with Gasteiger partial charge in [0.15, 0.2) is 0 Å². The van der Waals surface area contributed by atoms with E-state index in [4.69, 9.17) is 9.37 Å². The molecule has 2 saturated heterocycles. The number of rotatable bonds is 5. The highest BCUT2D eigenvalue weighted by Crippen LogP contribution is 2.39. The van der Waals surface area contributed by atoms with E-state index in [-0.39, 0.29) is 0 Å². The van der Waals surface area contributed by atoms with E-state index in [2.05, 4.69) is 26.2 Å². The molecule has 0 saturated carbocycles.